The predicted octanol–water partition coefficient (Wildman–Crippen LogP) is 2.25. The minimum Gasteiger partial charge on any atom is -0.475 e. The van der Waals surface area contributed by atoms with E-state index in [0.29, 0.717) is 18.7 Å². The molecular formula is C22H26F3N3O5S. The van der Waals surface area contributed by atoms with Gasteiger partial charge in [0, 0.05) is 32.7 Å². The average Bonchev–Trinajstić information content (AvgIpc) is 2.80. The van der Waals surface area contributed by atoms with Gasteiger partial charge in [0.2, 0.25) is 15.9 Å². The van der Waals surface area contributed by atoms with Crippen molar-refractivity contribution >= 4 is 21.9 Å². The first-order chi connectivity index (χ1) is 15.9. The summed E-state index contributed by atoms with van der Waals surface area (Å²) in [7, 11) is -3.79. The number of aryl methyl sites for hydroxylation is 1. The number of piperazine rings is 1. The van der Waals surface area contributed by atoms with Gasteiger partial charge in [-0.25, -0.2) is 13.2 Å². The van der Waals surface area contributed by atoms with Crippen LogP contribution in [0, 0.1) is 6.92 Å². The maximum absolute atomic E-state index is 13.3. The quantitative estimate of drug-likeness (QED) is 0.629. The van der Waals surface area contributed by atoms with Gasteiger partial charge in [-0.05, 0) is 24.1 Å². The molecule has 1 fully saturated rings. The number of hydrogen-bond acceptors (Lipinski definition) is 5. The molecule has 1 saturated heterocycles. The first-order valence-corrected chi connectivity index (χ1v) is 11.7. The number of halogens is 3. The highest BCUT2D eigenvalue weighted by Gasteiger charge is 2.38. The van der Waals surface area contributed by atoms with Crippen molar-refractivity contribution in [1.29, 1.82) is 0 Å². The zero-order chi connectivity index (χ0) is 25.4. The van der Waals surface area contributed by atoms with Crippen LogP contribution in [0.5, 0.6) is 0 Å². The number of sulfonamides is 1. The van der Waals surface area contributed by atoms with E-state index in [9.17, 15) is 26.4 Å². The Labute approximate surface area is 196 Å². The number of carbonyl (C=O) groups is 2. The standard InChI is InChI=1S/C20H25N3O3S.C2HF3O2/c1-17-7-5-6-10-19(17)27(25,26)23(15-18-8-3-2-4-9-18)16-20(24)22-13-11-21-12-14-22;3-2(4,5)1(6)7/h2-10,21H,11-16H2,1H3;(H,6,7). The first kappa shape index (κ1) is 27.3. The molecule has 3 rings (SSSR count). The Morgan fingerprint density at radius 2 is 1.56 bits per heavy atom. The van der Waals surface area contributed by atoms with Crippen molar-refractivity contribution in [2.24, 2.45) is 0 Å². The molecule has 0 spiro atoms. The number of nitrogens with one attached hydrogen (secondary N) is 1. The number of carboxylic acid groups (broad SMARTS) is 1. The molecule has 8 nitrogen and oxygen atoms in total. The summed E-state index contributed by atoms with van der Waals surface area (Å²) in [5.74, 6) is -2.92. The number of benzene rings is 2. The van der Waals surface area contributed by atoms with Crippen molar-refractivity contribution in [2.75, 3.05) is 32.7 Å². The lowest BCUT2D eigenvalue weighted by Crippen LogP contribution is -2.50. The summed E-state index contributed by atoms with van der Waals surface area (Å²) < 4.78 is 59.7. The van der Waals surface area contributed by atoms with Gasteiger partial charge in [-0.15, -0.1) is 0 Å². The molecule has 2 aromatic carbocycles. The van der Waals surface area contributed by atoms with Crippen LogP contribution in [0.3, 0.4) is 0 Å². The SMILES string of the molecule is Cc1ccccc1S(=O)(=O)N(CC(=O)N1CCNCC1)Cc1ccccc1.O=C(O)C(F)(F)F. The van der Waals surface area contributed by atoms with E-state index in [2.05, 4.69) is 5.32 Å². The normalized spacial score (nSPS) is 14.3. The third kappa shape index (κ3) is 7.82. The van der Waals surface area contributed by atoms with Gasteiger partial charge in [-0.2, -0.15) is 17.5 Å². The van der Waals surface area contributed by atoms with Crippen LogP contribution in [-0.2, 0) is 26.2 Å². The number of alkyl halides is 3. The zero-order valence-corrected chi connectivity index (χ0v) is 19.3. The molecule has 2 aromatic rings. The van der Waals surface area contributed by atoms with Crippen LogP contribution >= 0.6 is 0 Å². The number of amides is 1. The second-order valence-electron chi connectivity index (χ2n) is 7.46. The molecule has 0 radical (unpaired) electrons. The molecule has 12 heteroatoms. The largest absolute Gasteiger partial charge is 0.490 e. The Morgan fingerprint density at radius 3 is 2.09 bits per heavy atom. The Balaban J connectivity index is 0.000000509. The molecule has 0 unspecified atom stereocenters. The smallest absolute Gasteiger partial charge is 0.475 e. The number of carboxylic acids is 1. The maximum Gasteiger partial charge on any atom is 0.490 e. The first-order valence-electron chi connectivity index (χ1n) is 10.3. The van der Waals surface area contributed by atoms with Gasteiger partial charge in [-0.3, -0.25) is 4.79 Å². The highest BCUT2D eigenvalue weighted by Crippen LogP contribution is 2.22. The molecule has 2 N–H and O–H groups in total. The minimum atomic E-state index is -5.08. The summed E-state index contributed by atoms with van der Waals surface area (Å²) in [6, 6.07) is 16.2. The molecule has 0 aliphatic carbocycles. The van der Waals surface area contributed by atoms with Crippen molar-refractivity contribution < 1.29 is 36.3 Å². The zero-order valence-electron chi connectivity index (χ0n) is 18.5. The van der Waals surface area contributed by atoms with Gasteiger partial charge in [-0.1, -0.05) is 48.5 Å². The van der Waals surface area contributed by atoms with E-state index in [1.54, 1.807) is 30.0 Å². The van der Waals surface area contributed by atoms with E-state index in [4.69, 9.17) is 9.90 Å². The summed E-state index contributed by atoms with van der Waals surface area (Å²) in [5, 5.41) is 10.3. The molecule has 0 atom stereocenters. The fraction of sp³-hybridized carbons (Fsp3) is 0.364. The van der Waals surface area contributed by atoms with E-state index in [1.165, 1.54) is 4.31 Å². The van der Waals surface area contributed by atoms with Gasteiger partial charge in [0.25, 0.3) is 0 Å². The molecule has 1 heterocycles. The molecule has 34 heavy (non-hydrogen) atoms. The van der Waals surface area contributed by atoms with Crippen LogP contribution in [0.2, 0.25) is 0 Å². The van der Waals surface area contributed by atoms with Gasteiger partial charge in [0.05, 0.1) is 11.4 Å². The molecule has 0 bridgehead atoms. The second-order valence-corrected chi connectivity index (χ2v) is 9.36. The number of nitrogens with zero attached hydrogens (tertiary/aromatic N) is 2. The summed E-state index contributed by atoms with van der Waals surface area (Å²) >= 11 is 0. The minimum absolute atomic E-state index is 0.161. The number of rotatable bonds is 6. The Bertz CT molecular complexity index is 1070. The van der Waals surface area contributed by atoms with E-state index >= 15 is 0 Å². The predicted molar refractivity (Wildman–Crippen MR) is 118 cm³/mol. The molecule has 186 valence electrons. The van der Waals surface area contributed by atoms with Crippen LogP contribution in [0.1, 0.15) is 11.1 Å². The molecule has 0 saturated carbocycles. The van der Waals surface area contributed by atoms with E-state index < -0.39 is 22.2 Å². The van der Waals surface area contributed by atoms with Crippen LogP contribution in [-0.4, -0.2) is 73.5 Å². The lowest BCUT2D eigenvalue weighted by molar-refractivity contribution is -0.192. The molecule has 0 aromatic heterocycles. The fourth-order valence-corrected chi connectivity index (χ4v) is 4.77. The van der Waals surface area contributed by atoms with Crippen molar-refractivity contribution in [2.45, 2.75) is 24.5 Å². The average molecular weight is 502 g/mol. The van der Waals surface area contributed by atoms with Gasteiger partial charge >= 0.3 is 12.1 Å². The van der Waals surface area contributed by atoms with Gasteiger partial charge in [0.15, 0.2) is 0 Å². The lowest BCUT2D eigenvalue weighted by atomic mass is 10.2. The molecule has 1 aliphatic rings. The maximum atomic E-state index is 13.3. The Kier molecular flexibility index (Phi) is 9.59. The van der Waals surface area contributed by atoms with Gasteiger partial charge in [0.1, 0.15) is 0 Å². The third-order valence-electron chi connectivity index (χ3n) is 4.94. The molecule has 1 amide bonds. The second kappa shape index (κ2) is 12.0. The highest BCUT2D eigenvalue weighted by molar-refractivity contribution is 7.89. The van der Waals surface area contributed by atoms with Crippen LogP contribution in [0.25, 0.3) is 0 Å². The monoisotopic (exact) mass is 501 g/mol. The number of aliphatic carboxylic acids is 1. The van der Waals surface area contributed by atoms with Crippen molar-refractivity contribution in [1.82, 2.24) is 14.5 Å². The van der Waals surface area contributed by atoms with E-state index in [1.807, 2.05) is 36.4 Å². The Hall–Kier alpha value is -2.96. The number of hydrogen-bond donors (Lipinski definition) is 2. The van der Waals surface area contributed by atoms with Gasteiger partial charge < -0.3 is 15.3 Å². The van der Waals surface area contributed by atoms with Crippen LogP contribution < -0.4 is 5.32 Å². The molecule has 1 aliphatic heterocycles. The van der Waals surface area contributed by atoms with Crippen LogP contribution in [0.4, 0.5) is 13.2 Å². The van der Waals surface area contributed by atoms with Crippen molar-refractivity contribution in [3.8, 4) is 0 Å². The topological polar surface area (TPSA) is 107 Å². The molecular weight excluding hydrogens is 475 g/mol. The summed E-state index contributed by atoms with van der Waals surface area (Å²) in [5.41, 5.74) is 1.52. The fourth-order valence-electron chi connectivity index (χ4n) is 3.16. The lowest BCUT2D eigenvalue weighted by Gasteiger charge is -2.30. The highest BCUT2D eigenvalue weighted by atomic mass is 32.2. The van der Waals surface area contributed by atoms with Crippen molar-refractivity contribution in [3.05, 3.63) is 65.7 Å². The third-order valence-corrected chi connectivity index (χ3v) is 6.89. The van der Waals surface area contributed by atoms with Crippen LogP contribution in [0.15, 0.2) is 59.5 Å². The van der Waals surface area contributed by atoms with E-state index in [0.717, 1.165) is 18.7 Å². The van der Waals surface area contributed by atoms with E-state index in [-0.39, 0.29) is 23.9 Å². The number of carbonyl (C=O) groups excluding carboxylic acids is 1. The summed E-state index contributed by atoms with van der Waals surface area (Å²) in [6.45, 7) is 4.43. The summed E-state index contributed by atoms with van der Waals surface area (Å²) in [6.07, 6.45) is -5.08. The van der Waals surface area contributed by atoms with Crippen molar-refractivity contribution in [3.63, 3.8) is 0 Å². The summed E-state index contributed by atoms with van der Waals surface area (Å²) in [4.78, 5) is 23.6. The Morgan fingerprint density at radius 1 is 1.03 bits per heavy atom.